The van der Waals surface area contributed by atoms with Gasteiger partial charge < -0.3 is 4.57 Å². The lowest BCUT2D eigenvalue weighted by molar-refractivity contribution is -0.123. The molecule has 100 valence electrons. The van der Waals surface area contributed by atoms with Crippen LogP contribution in [0.4, 0.5) is 0 Å². The molecule has 0 radical (unpaired) electrons. The zero-order chi connectivity index (χ0) is 13.2. The summed E-state index contributed by atoms with van der Waals surface area (Å²) in [6.07, 6.45) is 4.66. The fraction of sp³-hybridized carbons (Fsp3) is 0.769. The van der Waals surface area contributed by atoms with Crippen molar-refractivity contribution in [1.29, 1.82) is 0 Å². The molecule has 0 aromatic carbocycles. The van der Waals surface area contributed by atoms with Crippen LogP contribution in [0, 0.1) is 5.41 Å². The lowest BCUT2D eigenvalue weighted by atomic mass is 9.92. The third-order valence-electron chi connectivity index (χ3n) is 3.24. The minimum absolute atomic E-state index is 0.262. The molecular formula is C13H21N3OS. The van der Waals surface area contributed by atoms with Crippen molar-refractivity contribution >= 4 is 17.5 Å². The van der Waals surface area contributed by atoms with Gasteiger partial charge in [0.05, 0.1) is 5.75 Å². The molecule has 1 aliphatic heterocycles. The first kappa shape index (κ1) is 13.6. The highest BCUT2D eigenvalue weighted by Gasteiger charge is 2.22. The first-order chi connectivity index (χ1) is 8.48. The van der Waals surface area contributed by atoms with Gasteiger partial charge >= 0.3 is 0 Å². The summed E-state index contributed by atoms with van der Waals surface area (Å²) < 4.78 is 2.19. The van der Waals surface area contributed by atoms with Gasteiger partial charge in [-0.2, -0.15) is 0 Å². The number of aromatic nitrogens is 3. The third-order valence-corrected chi connectivity index (χ3v) is 4.21. The number of hydrogen-bond donors (Lipinski definition) is 0. The largest absolute Gasteiger partial charge is 0.306 e. The van der Waals surface area contributed by atoms with Crippen LogP contribution >= 0.6 is 11.8 Å². The smallest absolute Gasteiger partial charge is 0.191 e. The topological polar surface area (TPSA) is 47.8 Å². The van der Waals surface area contributed by atoms with Crippen LogP contribution in [0.3, 0.4) is 0 Å². The molecule has 0 spiro atoms. The molecule has 1 aromatic heterocycles. The van der Waals surface area contributed by atoms with Gasteiger partial charge in [-0.1, -0.05) is 39.0 Å². The maximum atomic E-state index is 11.9. The molecule has 1 aliphatic rings. The zero-order valence-corrected chi connectivity index (χ0v) is 12.2. The van der Waals surface area contributed by atoms with Gasteiger partial charge in [0, 0.05) is 18.4 Å². The number of Topliss-reactive ketones (excluding diaryl/α,β-unsaturated/α-hetero) is 1. The predicted molar refractivity (Wildman–Crippen MR) is 72.8 cm³/mol. The number of rotatable bonds is 3. The Balaban J connectivity index is 2.02. The quantitative estimate of drug-likeness (QED) is 0.790. The van der Waals surface area contributed by atoms with E-state index in [1.807, 2.05) is 20.8 Å². The lowest BCUT2D eigenvalue weighted by Gasteiger charge is -2.15. The number of nitrogens with zero attached hydrogens (tertiary/aromatic N) is 3. The number of thioether (sulfide) groups is 1. The molecule has 0 unspecified atom stereocenters. The lowest BCUT2D eigenvalue weighted by Crippen LogP contribution is -2.22. The van der Waals surface area contributed by atoms with Crippen molar-refractivity contribution in [3.05, 3.63) is 5.82 Å². The van der Waals surface area contributed by atoms with Crippen LogP contribution in [0.5, 0.6) is 0 Å². The molecule has 18 heavy (non-hydrogen) atoms. The van der Waals surface area contributed by atoms with Gasteiger partial charge in [-0.25, -0.2) is 0 Å². The molecule has 0 atom stereocenters. The van der Waals surface area contributed by atoms with Gasteiger partial charge in [-0.3, -0.25) is 4.79 Å². The van der Waals surface area contributed by atoms with Crippen molar-refractivity contribution in [1.82, 2.24) is 14.8 Å². The summed E-state index contributed by atoms with van der Waals surface area (Å²) >= 11 is 1.53. The van der Waals surface area contributed by atoms with E-state index in [1.54, 1.807) is 0 Å². The monoisotopic (exact) mass is 267 g/mol. The summed E-state index contributed by atoms with van der Waals surface area (Å²) in [5, 5.41) is 9.36. The molecular weight excluding hydrogens is 246 g/mol. The predicted octanol–water partition coefficient (Wildman–Crippen LogP) is 2.71. The summed E-state index contributed by atoms with van der Waals surface area (Å²) in [6, 6.07) is 0. The van der Waals surface area contributed by atoms with Gasteiger partial charge in [0.1, 0.15) is 11.6 Å². The van der Waals surface area contributed by atoms with Crippen molar-refractivity contribution in [2.24, 2.45) is 5.41 Å². The Hall–Kier alpha value is -0.840. The van der Waals surface area contributed by atoms with Crippen molar-refractivity contribution in [2.45, 2.75) is 58.2 Å². The van der Waals surface area contributed by atoms with Crippen LogP contribution in [-0.4, -0.2) is 26.3 Å². The summed E-state index contributed by atoms with van der Waals surface area (Å²) in [7, 11) is 0. The van der Waals surface area contributed by atoms with E-state index in [-0.39, 0.29) is 11.2 Å². The molecule has 0 fully saturated rings. The Labute approximate surface area is 113 Å². The summed E-state index contributed by atoms with van der Waals surface area (Å²) in [4.78, 5) is 11.9. The maximum absolute atomic E-state index is 11.9. The van der Waals surface area contributed by atoms with Crippen LogP contribution in [0.15, 0.2) is 5.16 Å². The molecule has 0 saturated heterocycles. The number of hydrogen-bond acceptors (Lipinski definition) is 4. The number of ketones is 1. The SMILES string of the molecule is CC(C)(C)C(=O)CSc1nnc2n1CCCCC2. The molecule has 2 heterocycles. The Morgan fingerprint density at radius 3 is 2.78 bits per heavy atom. The zero-order valence-electron chi connectivity index (χ0n) is 11.4. The van der Waals surface area contributed by atoms with E-state index in [9.17, 15) is 4.79 Å². The molecule has 5 heteroatoms. The van der Waals surface area contributed by atoms with E-state index in [4.69, 9.17) is 0 Å². The highest BCUT2D eigenvalue weighted by Crippen LogP contribution is 2.24. The normalized spacial score (nSPS) is 16.2. The van der Waals surface area contributed by atoms with E-state index in [1.165, 1.54) is 31.0 Å². The van der Waals surface area contributed by atoms with Crippen molar-refractivity contribution < 1.29 is 4.79 Å². The molecule has 0 amide bonds. The second-order valence-electron chi connectivity index (χ2n) is 5.82. The number of carbonyl (C=O) groups excluding carboxylic acids is 1. The van der Waals surface area contributed by atoms with Crippen LogP contribution < -0.4 is 0 Å². The highest BCUT2D eigenvalue weighted by molar-refractivity contribution is 7.99. The Morgan fingerprint density at radius 2 is 2.06 bits per heavy atom. The Morgan fingerprint density at radius 1 is 1.28 bits per heavy atom. The average molecular weight is 267 g/mol. The minimum Gasteiger partial charge on any atom is -0.306 e. The van der Waals surface area contributed by atoms with E-state index >= 15 is 0 Å². The molecule has 0 aliphatic carbocycles. The second-order valence-corrected chi connectivity index (χ2v) is 6.77. The Bertz CT molecular complexity index is 434. The van der Waals surface area contributed by atoms with E-state index < -0.39 is 0 Å². The fourth-order valence-electron chi connectivity index (χ4n) is 1.91. The number of aryl methyl sites for hydroxylation is 1. The third kappa shape index (κ3) is 3.13. The summed E-state index contributed by atoms with van der Waals surface area (Å²) in [5.74, 6) is 1.83. The highest BCUT2D eigenvalue weighted by atomic mass is 32.2. The van der Waals surface area contributed by atoms with E-state index in [2.05, 4.69) is 14.8 Å². The van der Waals surface area contributed by atoms with Gasteiger partial charge in [0.2, 0.25) is 0 Å². The van der Waals surface area contributed by atoms with E-state index in [0.717, 1.165) is 23.9 Å². The number of carbonyl (C=O) groups is 1. The average Bonchev–Trinajstić information content (AvgIpc) is 2.53. The van der Waals surface area contributed by atoms with Crippen LogP contribution in [0.2, 0.25) is 0 Å². The van der Waals surface area contributed by atoms with Gasteiger partial charge in [0.15, 0.2) is 5.16 Å². The van der Waals surface area contributed by atoms with Crippen LogP contribution in [-0.2, 0) is 17.8 Å². The molecule has 0 N–H and O–H groups in total. The summed E-state index contributed by atoms with van der Waals surface area (Å²) in [6.45, 7) is 6.87. The molecule has 4 nitrogen and oxygen atoms in total. The van der Waals surface area contributed by atoms with Crippen LogP contribution in [0.25, 0.3) is 0 Å². The van der Waals surface area contributed by atoms with Crippen molar-refractivity contribution in [3.8, 4) is 0 Å². The van der Waals surface area contributed by atoms with Crippen molar-refractivity contribution in [2.75, 3.05) is 5.75 Å². The van der Waals surface area contributed by atoms with Gasteiger partial charge in [-0.05, 0) is 12.8 Å². The van der Waals surface area contributed by atoms with Gasteiger partial charge in [-0.15, -0.1) is 10.2 Å². The number of fused-ring (bicyclic) bond motifs is 1. The minimum atomic E-state index is -0.269. The fourth-order valence-corrected chi connectivity index (χ4v) is 3.06. The molecule has 0 saturated carbocycles. The summed E-state index contributed by atoms with van der Waals surface area (Å²) in [5.41, 5.74) is -0.269. The Kier molecular flexibility index (Phi) is 4.10. The first-order valence-electron chi connectivity index (χ1n) is 6.56. The maximum Gasteiger partial charge on any atom is 0.191 e. The molecule has 1 aromatic rings. The standard InChI is InChI=1S/C13H21N3OS/c1-13(2,3)10(17)9-18-12-15-14-11-7-5-4-6-8-16(11)12/h4-9H2,1-3H3. The molecule has 2 rings (SSSR count). The second kappa shape index (κ2) is 5.43. The first-order valence-corrected chi connectivity index (χ1v) is 7.55. The van der Waals surface area contributed by atoms with E-state index in [0.29, 0.717) is 5.75 Å². The van der Waals surface area contributed by atoms with Crippen molar-refractivity contribution in [3.63, 3.8) is 0 Å². The van der Waals surface area contributed by atoms with Gasteiger partial charge in [0.25, 0.3) is 0 Å². The van der Waals surface area contributed by atoms with Crippen LogP contribution in [0.1, 0.15) is 45.9 Å². The molecule has 0 bridgehead atoms.